The maximum atomic E-state index is 12.6. The molecule has 0 aliphatic rings. The molecule has 0 saturated heterocycles. The van der Waals surface area contributed by atoms with Crippen LogP contribution in [0.5, 0.6) is 0 Å². The minimum atomic E-state index is -0.601. The monoisotopic (exact) mass is 397 g/mol. The molecule has 3 rings (SSSR count). The highest BCUT2D eigenvalue weighted by Gasteiger charge is 2.19. The molecule has 3 aromatic carbocycles. The Morgan fingerprint density at radius 2 is 1.57 bits per heavy atom. The number of hydrogen-bond donors (Lipinski definition) is 3. The summed E-state index contributed by atoms with van der Waals surface area (Å²) in [5.41, 5.74) is 16.8. The SMILES string of the molecule is C#Cc1c(NC(=O)[C@@H](N)CCCCN)ccc(-c2ccccc2)c1-c1ccccc1. The lowest BCUT2D eigenvalue weighted by molar-refractivity contribution is -0.117. The Morgan fingerprint density at radius 1 is 0.933 bits per heavy atom. The molecule has 0 unspecified atom stereocenters. The Bertz CT molecular complexity index is 1020. The van der Waals surface area contributed by atoms with Crippen molar-refractivity contribution >= 4 is 11.6 Å². The Balaban J connectivity index is 2.02. The average Bonchev–Trinajstić information content (AvgIpc) is 2.80. The Hall–Kier alpha value is -3.39. The van der Waals surface area contributed by atoms with Crippen molar-refractivity contribution in [3.05, 3.63) is 78.4 Å². The average molecular weight is 398 g/mol. The summed E-state index contributed by atoms with van der Waals surface area (Å²) in [6, 6.07) is 23.3. The summed E-state index contributed by atoms with van der Waals surface area (Å²) in [4.78, 5) is 12.6. The number of carbonyl (C=O) groups is 1. The second-order valence-electron chi connectivity index (χ2n) is 7.17. The van der Waals surface area contributed by atoms with Crippen molar-refractivity contribution in [3.8, 4) is 34.6 Å². The van der Waals surface area contributed by atoms with Crippen molar-refractivity contribution in [2.45, 2.75) is 25.3 Å². The van der Waals surface area contributed by atoms with Gasteiger partial charge < -0.3 is 16.8 Å². The van der Waals surface area contributed by atoms with Gasteiger partial charge in [-0.25, -0.2) is 0 Å². The van der Waals surface area contributed by atoms with Crippen LogP contribution in [0.15, 0.2) is 72.8 Å². The smallest absolute Gasteiger partial charge is 0.241 e. The van der Waals surface area contributed by atoms with E-state index in [1.165, 1.54) is 0 Å². The first-order valence-electron chi connectivity index (χ1n) is 10.2. The summed E-state index contributed by atoms with van der Waals surface area (Å²) in [6.07, 6.45) is 8.19. The van der Waals surface area contributed by atoms with Crippen LogP contribution < -0.4 is 16.8 Å². The van der Waals surface area contributed by atoms with E-state index in [4.69, 9.17) is 17.9 Å². The first kappa shape index (κ1) is 21.3. The highest BCUT2D eigenvalue weighted by atomic mass is 16.2. The molecule has 0 heterocycles. The van der Waals surface area contributed by atoms with Gasteiger partial charge in [0, 0.05) is 5.56 Å². The predicted molar refractivity (Wildman–Crippen MR) is 125 cm³/mol. The second kappa shape index (κ2) is 10.4. The van der Waals surface area contributed by atoms with Crippen LogP contribution in [-0.4, -0.2) is 18.5 Å². The van der Waals surface area contributed by atoms with E-state index in [0.29, 0.717) is 24.2 Å². The molecule has 0 spiro atoms. The van der Waals surface area contributed by atoms with Crippen LogP contribution in [0.1, 0.15) is 24.8 Å². The molecule has 0 fully saturated rings. The molecular weight excluding hydrogens is 370 g/mol. The highest BCUT2D eigenvalue weighted by molar-refractivity contribution is 5.99. The molecule has 0 aliphatic carbocycles. The number of anilines is 1. The fourth-order valence-electron chi connectivity index (χ4n) is 3.48. The van der Waals surface area contributed by atoms with Crippen molar-refractivity contribution < 1.29 is 4.79 Å². The predicted octanol–water partition coefficient (Wildman–Crippen LogP) is 4.40. The Kier molecular flexibility index (Phi) is 7.40. The van der Waals surface area contributed by atoms with Crippen molar-refractivity contribution in [2.24, 2.45) is 11.5 Å². The molecule has 1 atom stereocenters. The van der Waals surface area contributed by atoms with Gasteiger partial charge in [-0.2, -0.15) is 0 Å². The van der Waals surface area contributed by atoms with Gasteiger partial charge in [-0.1, -0.05) is 79.1 Å². The molecule has 4 heteroatoms. The number of rotatable bonds is 8. The third-order valence-corrected chi connectivity index (χ3v) is 5.06. The maximum absolute atomic E-state index is 12.6. The lowest BCUT2D eigenvalue weighted by atomic mass is 9.89. The third-order valence-electron chi connectivity index (χ3n) is 5.06. The van der Waals surface area contributed by atoms with Crippen LogP contribution >= 0.6 is 0 Å². The molecule has 5 N–H and O–H groups in total. The van der Waals surface area contributed by atoms with E-state index < -0.39 is 6.04 Å². The zero-order valence-electron chi connectivity index (χ0n) is 17.0. The van der Waals surface area contributed by atoms with E-state index in [9.17, 15) is 4.79 Å². The van der Waals surface area contributed by atoms with Crippen molar-refractivity contribution in [3.63, 3.8) is 0 Å². The van der Waals surface area contributed by atoms with E-state index in [-0.39, 0.29) is 5.91 Å². The highest BCUT2D eigenvalue weighted by Crippen LogP contribution is 2.38. The number of hydrogen-bond acceptors (Lipinski definition) is 3. The van der Waals surface area contributed by atoms with Crippen LogP contribution in [0.4, 0.5) is 5.69 Å². The minimum Gasteiger partial charge on any atom is -0.330 e. The van der Waals surface area contributed by atoms with E-state index in [0.717, 1.165) is 35.1 Å². The van der Waals surface area contributed by atoms with Crippen LogP contribution in [-0.2, 0) is 4.79 Å². The van der Waals surface area contributed by atoms with Gasteiger partial charge in [-0.3, -0.25) is 4.79 Å². The van der Waals surface area contributed by atoms with Gasteiger partial charge in [0.2, 0.25) is 5.91 Å². The number of terminal acetylenes is 1. The molecule has 152 valence electrons. The van der Waals surface area contributed by atoms with Crippen LogP contribution in [0, 0.1) is 12.3 Å². The largest absolute Gasteiger partial charge is 0.330 e. The first-order valence-corrected chi connectivity index (χ1v) is 10.2. The number of amides is 1. The first-order chi connectivity index (χ1) is 14.7. The normalized spacial score (nSPS) is 11.5. The number of nitrogens with one attached hydrogen (secondary N) is 1. The van der Waals surface area contributed by atoms with Gasteiger partial charge in [-0.15, -0.1) is 6.42 Å². The van der Waals surface area contributed by atoms with Gasteiger partial charge in [0.1, 0.15) is 0 Å². The second-order valence-corrected chi connectivity index (χ2v) is 7.17. The summed E-state index contributed by atoms with van der Waals surface area (Å²) in [7, 11) is 0. The number of benzene rings is 3. The lowest BCUT2D eigenvalue weighted by Crippen LogP contribution is -2.35. The molecule has 30 heavy (non-hydrogen) atoms. The molecule has 0 aliphatic heterocycles. The molecule has 0 saturated carbocycles. The Labute approximate surface area is 178 Å². The van der Waals surface area contributed by atoms with E-state index in [1.54, 1.807) is 0 Å². The van der Waals surface area contributed by atoms with Crippen LogP contribution in [0.25, 0.3) is 22.3 Å². The molecular formula is C26H27N3O. The van der Waals surface area contributed by atoms with Crippen LogP contribution in [0.3, 0.4) is 0 Å². The molecule has 3 aromatic rings. The van der Waals surface area contributed by atoms with Gasteiger partial charge in [0.05, 0.1) is 17.3 Å². The summed E-state index contributed by atoms with van der Waals surface area (Å²) >= 11 is 0. The van der Waals surface area contributed by atoms with E-state index >= 15 is 0 Å². The van der Waals surface area contributed by atoms with Crippen molar-refractivity contribution in [1.29, 1.82) is 0 Å². The van der Waals surface area contributed by atoms with Gasteiger partial charge in [0.25, 0.3) is 0 Å². The molecule has 0 bridgehead atoms. The zero-order valence-corrected chi connectivity index (χ0v) is 17.0. The number of unbranched alkanes of at least 4 members (excludes halogenated alkanes) is 1. The van der Waals surface area contributed by atoms with Gasteiger partial charge in [0.15, 0.2) is 0 Å². The minimum absolute atomic E-state index is 0.241. The third kappa shape index (κ3) is 4.96. The molecule has 1 amide bonds. The fourth-order valence-corrected chi connectivity index (χ4v) is 3.48. The van der Waals surface area contributed by atoms with Gasteiger partial charge >= 0.3 is 0 Å². The molecule has 0 radical (unpaired) electrons. The van der Waals surface area contributed by atoms with Crippen molar-refractivity contribution in [1.82, 2.24) is 0 Å². The summed E-state index contributed by atoms with van der Waals surface area (Å²) < 4.78 is 0. The zero-order chi connectivity index (χ0) is 21.3. The maximum Gasteiger partial charge on any atom is 0.241 e. The van der Waals surface area contributed by atoms with Gasteiger partial charge in [-0.05, 0) is 42.1 Å². The summed E-state index contributed by atoms with van der Waals surface area (Å²) in [6.45, 7) is 0.594. The van der Waals surface area contributed by atoms with E-state index in [2.05, 4.69) is 11.2 Å². The quantitative estimate of drug-likeness (QED) is 0.389. The Morgan fingerprint density at radius 3 is 2.17 bits per heavy atom. The topological polar surface area (TPSA) is 81.1 Å². The standard InChI is InChI=1S/C26H27N3O/c1-2-21-24(29-26(30)23(28)15-9-10-18-27)17-16-22(19-11-5-3-6-12-19)25(21)20-13-7-4-8-14-20/h1,3-8,11-14,16-17,23H,9-10,15,18,27-28H2,(H,29,30)/t23-/m0/s1. The van der Waals surface area contributed by atoms with E-state index in [1.807, 2.05) is 72.8 Å². The number of nitrogens with two attached hydrogens (primary N) is 2. The molecule has 0 aromatic heterocycles. The summed E-state index contributed by atoms with van der Waals surface area (Å²) in [5.74, 6) is 2.56. The summed E-state index contributed by atoms with van der Waals surface area (Å²) in [5, 5.41) is 2.94. The van der Waals surface area contributed by atoms with Crippen molar-refractivity contribution in [2.75, 3.05) is 11.9 Å². The fraction of sp³-hybridized carbons (Fsp3) is 0.192. The number of carbonyl (C=O) groups excluding carboxylic acids is 1. The van der Waals surface area contributed by atoms with Crippen LogP contribution in [0.2, 0.25) is 0 Å². The lowest BCUT2D eigenvalue weighted by Gasteiger charge is -2.18. The molecule has 4 nitrogen and oxygen atoms in total.